The lowest BCUT2D eigenvalue weighted by molar-refractivity contribution is -0.126. The van der Waals surface area contributed by atoms with Gasteiger partial charge in [-0.25, -0.2) is 8.42 Å². The Kier molecular flexibility index (Phi) is 5.67. The van der Waals surface area contributed by atoms with Crippen molar-refractivity contribution in [3.05, 3.63) is 29.8 Å². The fourth-order valence-corrected chi connectivity index (χ4v) is 3.52. The first-order valence-electron chi connectivity index (χ1n) is 8.10. The molecule has 0 aromatic heterocycles. The normalized spacial score (nSPS) is 21.7. The second kappa shape index (κ2) is 7.21. The van der Waals surface area contributed by atoms with Gasteiger partial charge in [-0.05, 0) is 51.3 Å². The monoisotopic (exact) mass is 354 g/mol. The second-order valence-corrected chi connectivity index (χ2v) is 9.86. The number of rotatable bonds is 5. The van der Waals surface area contributed by atoms with Crippen LogP contribution in [-0.4, -0.2) is 37.8 Å². The van der Waals surface area contributed by atoms with E-state index in [9.17, 15) is 13.2 Å². The molecule has 1 aliphatic heterocycles. The van der Waals surface area contributed by atoms with Crippen LogP contribution in [0.2, 0.25) is 0 Å². The molecule has 1 aromatic carbocycles. The number of carbonyl (C=O) groups excluding carboxylic acids is 1. The van der Waals surface area contributed by atoms with Crippen molar-refractivity contribution in [1.29, 1.82) is 0 Å². The summed E-state index contributed by atoms with van der Waals surface area (Å²) in [6.07, 6.45) is 0.856. The number of nitrogens with two attached hydrogens (primary N) is 1. The highest BCUT2D eigenvalue weighted by atomic mass is 32.2. The summed E-state index contributed by atoms with van der Waals surface area (Å²) < 4.78 is 29.4. The molecule has 1 aromatic rings. The third-order valence-electron chi connectivity index (χ3n) is 4.15. The summed E-state index contributed by atoms with van der Waals surface area (Å²) in [5.41, 5.74) is 6.77. The molecule has 1 heterocycles. The van der Waals surface area contributed by atoms with Crippen LogP contribution in [0.1, 0.15) is 39.2 Å². The minimum absolute atomic E-state index is 0.0601. The van der Waals surface area contributed by atoms with Crippen LogP contribution in [0, 0.1) is 0 Å². The number of anilines is 1. The van der Waals surface area contributed by atoms with Gasteiger partial charge in [0.2, 0.25) is 0 Å². The predicted octanol–water partition coefficient (Wildman–Crippen LogP) is 1.84. The van der Waals surface area contributed by atoms with E-state index in [2.05, 4.69) is 5.32 Å². The Bertz CT molecular complexity index is 695. The highest BCUT2D eigenvalue weighted by Gasteiger charge is 2.31. The van der Waals surface area contributed by atoms with Crippen molar-refractivity contribution in [2.24, 2.45) is 5.73 Å². The van der Waals surface area contributed by atoms with Crippen molar-refractivity contribution in [3.8, 4) is 0 Å². The van der Waals surface area contributed by atoms with Gasteiger partial charge in [0, 0.05) is 12.2 Å². The van der Waals surface area contributed by atoms with Gasteiger partial charge >= 0.3 is 0 Å². The Labute approximate surface area is 143 Å². The topological polar surface area (TPSA) is 98.5 Å². The number of carbonyl (C=O) groups is 1. The molecule has 6 nitrogen and oxygen atoms in total. The van der Waals surface area contributed by atoms with Gasteiger partial charge in [-0.15, -0.1) is 0 Å². The van der Waals surface area contributed by atoms with Crippen molar-refractivity contribution >= 4 is 21.4 Å². The Morgan fingerprint density at radius 1 is 1.33 bits per heavy atom. The fourth-order valence-electron chi connectivity index (χ4n) is 2.47. The number of hydrogen-bond acceptors (Lipinski definition) is 5. The molecule has 0 aliphatic carbocycles. The zero-order valence-electron chi connectivity index (χ0n) is 14.4. The summed E-state index contributed by atoms with van der Waals surface area (Å²) in [5.74, 6) is -0.281. The van der Waals surface area contributed by atoms with Crippen molar-refractivity contribution in [2.75, 3.05) is 11.9 Å². The maximum Gasteiger partial charge on any atom is 0.253 e. The summed E-state index contributed by atoms with van der Waals surface area (Å²) >= 11 is 0. The SMILES string of the molecule is CC(C)(C)S(=O)(=O)Cc1cccc(NC(=O)[C@@H]2CC[C@H](CN)O2)c1. The van der Waals surface area contributed by atoms with Crippen LogP contribution in [0.15, 0.2) is 24.3 Å². The van der Waals surface area contributed by atoms with E-state index in [1.807, 2.05) is 0 Å². The molecule has 1 aliphatic rings. The van der Waals surface area contributed by atoms with Crippen molar-refractivity contribution in [2.45, 2.75) is 56.3 Å². The molecule has 0 radical (unpaired) electrons. The minimum atomic E-state index is -3.27. The molecule has 24 heavy (non-hydrogen) atoms. The van der Waals surface area contributed by atoms with Crippen LogP contribution in [0.25, 0.3) is 0 Å². The van der Waals surface area contributed by atoms with E-state index in [4.69, 9.17) is 10.5 Å². The van der Waals surface area contributed by atoms with E-state index in [1.54, 1.807) is 45.0 Å². The number of nitrogens with one attached hydrogen (secondary N) is 1. The number of amides is 1. The smallest absolute Gasteiger partial charge is 0.253 e. The molecular weight excluding hydrogens is 328 g/mol. The largest absolute Gasteiger partial charge is 0.364 e. The van der Waals surface area contributed by atoms with E-state index >= 15 is 0 Å². The predicted molar refractivity (Wildman–Crippen MR) is 94.4 cm³/mol. The molecule has 0 saturated carbocycles. The summed E-state index contributed by atoms with van der Waals surface area (Å²) in [6.45, 7) is 5.45. The molecule has 7 heteroatoms. The van der Waals surface area contributed by atoms with Crippen molar-refractivity contribution < 1.29 is 17.9 Å². The molecule has 0 bridgehead atoms. The third-order valence-corrected chi connectivity index (χ3v) is 6.73. The minimum Gasteiger partial charge on any atom is -0.364 e. The van der Waals surface area contributed by atoms with Gasteiger partial charge in [0.15, 0.2) is 9.84 Å². The van der Waals surface area contributed by atoms with Crippen LogP contribution in [-0.2, 0) is 25.1 Å². The number of hydrogen-bond donors (Lipinski definition) is 2. The Morgan fingerprint density at radius 3 is 2.62 bits per heavy atom. The summed E-state index contributed by atoms with van der Waals surface area (Å²) in [4.78, 5) is 12.2. The van der Waals surface area contributed by atoms with Crippen LogP contribution in [0.3, 0.4) is 0 Å². The van der Waals surface area contributed by atoms with Gasteiger partial charge in [-0.3, -0.25) is 4.79 Å². The maximum absolute atomic E-state index is 12.3. The lowest BCUT2D eigenvalue weighted by Crippen LogP contribution is -2.30. The average molecular weight is 354 g/mol. The second-order valence-electron chi connectivity index (χ2n) is 7.12. The van der Waals surface area contributed by atoms with Gasteiger partial charge in [-0.1, -0.05) is 12.1 Å². The lowest BCUT2D eigenvalue weighted by atomic mass is 10.1. The Hall–Kier alpha value is -1.44. The summed E-state index contributed by atoms with van der Waals surface area (Å²) in [5, 5.41) is 2.79. The summed E-state index contributed by atoms with van der Waals surface area (Å²) in [6, 6.07) is 6.91. The molecular formula is C17H26N2O4S. The third kappa shape index (κ3) is 4.55. The Balaban J connectivity index is 2.04. The molecule has 0 unspecified atom stereocenters. The fraction of sp³-hybridized carbons (Fsp3) is 0.588. The highest BCUT2D eigenvalue weighted by molar-refractivity contribution is 7.91. The quantitative estimate of drug-likeness (QED) is 0.841. The first kappa shape index (κ1) is 18.9. The summed E-state index contributed by atoms with van der Waals surface area (Å²) in [7, 11) is -3.27. The zero-order valence-corrected chi connectivity index (χ0v) is 15.2. The zero-order chi connectivity index (χ0) is 18.0. The molecule has 2 atom stereocenters. The molecule has 134 valence electrons. The number of benzene rings is 1. The molecule has 3 N–H and O–H groups in total. The van der Waals surface area contributed by atoms with Gasteiger partial charge < -0.3 is 15.8 Å². The Morgan fingerprint density at radius 2 is 2.04 bits per heavy atom. The lowest BCUT2D eigenvalue weighted by Gasteiger charge is -2.19. The van der Waals surface area contributed by atoms with E-state index < -0.39 is 20.7 Å². The van der Waals surface area contributed by atoms with Crippen LogP contribution in [0.4, 0.5) is 5.69 Å². The average Bonchev–Trinajstić information content (AvgIpc) is 2.95. The van der Waals surface area contributed by atoms with Crippen LogP contribution in [0.5, 0.6) is 0 Å². The first-order valence-corrected chi connectivity index (χ1v) is 9.75. The van der Waals surface area contributed by atoms with Gasteiger partial charge in [0.25, 0.3) is 5.91 Å². The van der Waals surface area contributed by atoms with Crippen LogP contribution >= 0.6 is 0 Å². The van der Waals surface area contributed by atoms with Gasteiger partial charge in [-0.2, -0.15) is 0 Å². The standard InChI is InChI=1S/C17H26N2O4S/c1-17(2,3)24(21,22)11-12-5-4-6-13(9-12)19-16(20)15-8-7-14(10-18)23-15/h4-6,9,14-15H,7-8,10-11,18H2,1-3H3,(H,19,20)/t14-,15+/m1/s1. The van der Waals surface area contributed by atoms with E-state index in [0.29, 0.717) is 24.2 Å². The number of sulfone groups is 1. The van der Waals surface area contributed by atoms with E-state index in [1.165, 1.54) is 0 Å². The molecule has 0 spiro atoms. The van der Waals surface area contributed by atoms with Crippen molar-refractivity contribution in [3.63, 3.8) is 0 Å². The van der Waals surface area contributed by atoms with Crippen molar-refractivity contribution in [1.82, 2.24) is 0 Å². The molecule has 1 saturated heterocycles. The first-order chi connectivity index (χ1) is 11.1. The van der Waals surface area contributed by atoms with Crippen LogP contribution < -0.4 is 11.1 Å². The highest BCUT2D eigenvalue weighted by Crippen LogP contribution is 2.23. The molecule has 2 rings (SSSR count). The van der Waals surface area contributed by atoms with Gasteiger partial charge in [0.05, 0.1) is 16.6 Å². The van der Waals surface area contributed by atoms with E-state index in [0.717, 1.165) is 6.42 Å². The number of ether oxygens (including phenoxy) is 1. The molecule has 1 amide bonds. The van der Waals surface area contributed by atoms with Gasteiger partial charge in [0.1, 0.15) is 6.10 Å². The maximum atomic E-state index is 12.3. The molecule has 1 fully saturated rings. The van der Waals surface area contributed by atoms with E-state index in [-0.39, 0.29) is 17.8 Å².